The minimum Gasteiger partial charge on any atom is -0.385 e. The van der Waals surface area contributed by atoms with Crippen molar-refractivity contribution in [2.75, 3.05) is 23.7 Å². The summed E-state index contributed by atoms with van der Waals surface area (Å²) in [5, 5.41) is 10.1. The van der Waals surface area contributed by atoms with Crippen molar-refractivity contribution in [2.24, 2.45) is 5.73 Å². The summed E-state index contributed by atoms with van der Waals surface area (Å²) in [4.78, 5) is 18.3. The molecule has 0 spiro atoms. The van der Waals surface area contributed by atoms with Gasteiger partial charge in [0.05, 0.1) is 41.6 Å². The number of aliphatic hydroxyl groups excluding tert-OH is 1. The first-order chi connectivity index (χ1) is 18.9. The van der Waals surface area contributed by atoms with E-state index in [0.717, 1.165) is 12.1 Å². The van der Waals surface area contributed by atoms with Gasteiger partial charge in [0.25, 0.3) is 6.43 Å². The minimum atomic E-state index is -4.72. The van der Waals surface area contributed by atoms with E-state index in [1.807, 2.05) is 0 Å². The molecule has 4 heterocycles. The molecule has 1 aliphatic heterocycles. The Morgan fingerprint density at radius 3 is 2.58 bits per heavy atom. The van der Waals surface area contributed by atoms with Gasteiger partial charge in [0.1, 0.15) is 23.8 Å². The van der Waals surface area contributed by atoms with Gasteiger partial charge in [-0.25, -0.2) is 28.1 Å². The number of nitrogens with zero attached hydrogens (tertiary/aromatic N) is 6. The molecule has 5 N–H and O–H groups in total. The van der Waals surface area contributed by atoms with Crippen LogP contribution in [-0.2, 0) is 12.7 Å². The predicted octanol–water partition coefficient (Wildman–Crippen LogP) is 3.60. The number of piperidine rings is 1. The van der Waals surface area contributed by atoms with Gasteiger partial charge < -0.3 is 26.0 Å². The molecule has 9 nitrogen and oxygen atoms in total. The van der Waals surface area contributed by atoms with Gasteiger partial charge in [-0.2, -0.15) is 13.2 Å². The fourth-order valence-electron chi connectivity index (χ4n) is 4.96. The highest BCUT2D eigenvalue weighted by atomic mass is 19.4. The first-order valence-electron chi connectivity index (χ1n) is 12.1. The molecule has 1 saturated heterocycles. The lowest BCUT2D eigenvalue weighted by atomic mass is 9.84. The van der Waals surface area contributed by atoms with E-state index in [1.165, 1.54) is 24.9 Å². The van der Waals surface area contributed by atoms with E-state index >= 15 is 0 Å². The highest BCUT2D eigenvalue weighted by molar-refractivity contribution is 5.81. The second-order valence-electron chi connectivity index (χ2n) is 9.73. The molecule has 1 aromatic carbocycles. The lowest BCUT2D eigenvalue weighted by Gasteiger charge is -2.44. The monoisotopic (exact) mass is 566 g/mol. The summed E-state index contributed by atoms with van der Waals surface area (Å²) in [7, 11) is 0. The van der Waals surface area contributed by atoms with Crippen molar-refractivity contribution in [3.05, 3.63) is 60.1 Å². The normalized spacial score (nSPS) is 19.0. The van der Waals surface area contributed by atoms with Gasteiger partial charge in [0.2, 0.25) is 0 Å². The largest absolute Gasteiger partial charge is 0.416 e. The van der Waals surface area contributed by atoms with E-state index in [-0.39, 0.29) is 36.6 Å². The van der Waals surface area contributed by atoms with E-state index < -0.39 is 35.6 Å². The van der Waals surface area contributed by atoms with Crippen LogP contribution in [0.5, 0.6) is 0 Å². The number of rotatable bonds is 6. The Labute approximate surface area is 223 Å². The van der Waals surface area contributed by atoms with E-state index in [9.17, 15) is 31.4 Å². The zero-order chi connectivity index (χ0) is 28.8. The number of nitrogens with two attached hydrogens (primary N) is 2. The van der Waals surface area contributed by atoms with Crippen LogP contribution in [0.3, 0.4) is 0 Å². The molecule has 4 aromatic rings. The molecule has 2 atom stereocenters. The Morgan fingerprint density at radius 1 is 1.10 bits per heavy atom. The number of imidazole rings is 1. The zero-order valence-electron chi connectivity index (χ0n) is 20.8. The van der Waals surface area contributed by atoms with Gasteiger partial charge in [-0.15, -0.1) is 0 Å². The van der Waals surface area contributed by atoms with Crippen LogP contribution in [0.15, 0.2) is 43.1 Å². The number of anilines is 2. The first kappa shape index (κ1) is 27.6. The molecule has 0 unspecified atom stereocenters. The number of alkyl halides is 5. The summed E-state index contributed by atoms with van der Waals surface area (Å²) in [6.07, 6.45) is -5.18. The third-order valence-electron chi connectivity index (χ3n) is 7.03. The number of fused-ring (bicyclic) bond motifs is 1. The Balaban J connectivity index is 1.58. The van der Waals surface area contributed by atoms with E-state index in [4.69, 9.17) is 11.5 Å². The molecule has 0 aliphatic carbocycles. The van der Waals surface area contributed by atoms with Gasteiger partial charge in [0.15, 0.2) is 11.5 Å². The van der Waals surface area contributed by atoms with Crippen molar-refractivity contribution in [3.8, 4) is 11.3 Å². The van der Waals surface area contributed by atoms with Crippen LogP contribution in [0, 0.1) is 5.82 Å². The number of benzene rings is 1. The lowest BCUT2D eigenvalue weighted by Crippen LogP contribution is -2.63. The van der Waals surface area contributed by atoms with Crippen LogP contribution in [0.2, 0.25) is 0 Å². The fraction of sp³-hybridized carbons (Fsp3) is 0.360. The second kappa shape index (κ2) is 10.2. The zero-order valence-corrected chi connectivity index (χ0v) is 20.8. The highest BCUT2D eigenvalue weighted by Crippen LogP contribution is 2.35. The number of nitrogen functional groups attached to an aromatic ring is 1. The topological polar surface area (TPSA) is 132 Å². The summed E-state index contributed by atoms with van der Waals surface area (Å²) in [6.45, 7) is 0.351. The maximum atomic E-state index is 14.8. The predicted molar refractivity (Wildman–Crippen MR) is 134 cm³/mol. The van der Waals surface area contributed by atoms with Gasteiger partial charge >= 0.3 is 6.18 Å². The molecular weight excluding hydrogens is 542 g/mol. The van der Waals surface area contributed by atoms with Gasteiger partial charge in [-0.05, 0) is 42.7 Å². The smallest absolute Gasteiger partial charge is 0.385 e. The molecule has 3 aromatic heterocycles. The molecule has 0 saturated carbocycles. The third-order valence-corrected chi connectivity index (χ3v) is 7.03. The van der Waals surface area contributed by atoms with E-state index in [0.29, 0.717) is 41.4 Å². The van der Waals surface area contributed by atoms with Crippen LogP contribution in [0.4, 0.5) is 37.8 Å². The van der Waals surface area contributed by atoms with E-state index in [2.05, 4.69) is 19.9 Å². The van der Waals surface area contributed by atoms with Crippen LogP contribution >= 0.6 is 0 Å². The average Bonchev–Trinajstić information content (AvgIpc) is 3.31. The molecule has 0 amide bonds. The van der Waals surface area contributed by atoms with Crippen molar-refractivity contribution in [1.29, 1.82) is 0 Å². The SMILES string of the molecule is Nc1ncnc2c1ncn2Cc1cc(-c2ccc(C(F)(F)F)cc2F)ncc1N1CCC[C@](N)([C@@H](O)C(F)F)C1. The Hall–Kier alpha value is -3.98. The Kier molecular flexibility index (Phi) is 7.04. The van der Waals surface area contributed by atoms with Crippen LogP contribution in [0.1, 0.15) is 24.0 Å². The number of pyridine rings is 1. The Bertz CT molecular complexity index is 1540. The quantitative estimate of drug-likeness (QED) is 0.302. The summed E-state index contributed by atoms with van der Waals surface area (Å²) in [5.41, 5.74) is 10.9. The van der Waals surface area contributed by atoms with Gasteiger partial charge in [-0.1, -0.05) is 0 Å². The molecule has 40 heavy (non-hydrogen) atoms. The molecule has 0 radical (unpaired) electrons. The van der Waals surface area contributed by atoms with Crippen molar-refractivity contribution < 1.29 is 31.4 Å². The summed E-state index contributed by atoms with van der Waals surface area (Å²) < 4.78 is 82.4. The third kappa shape index (κ3) is 5.13. The molecular formula is C25H24F6N8O. The fourth-order valence-corrected chi connectivity index (χ4v) is 4.96. The number of hydrogen-bond acceptors (Lipinski definition) is 8. The molecule has 5 rings (SSSR count). The minimum absolute atomic E-state index is 0.0483. The number of hydrogen-bond donors (Lipinski definition) is 3. The molecule has 15 heteroatoms. The lowest BCUT2D eigenvalue weighted by molar-refractivity contribution is -0.137. The number of aromatic nitrogens is 5. The second-order valence-corrected chi connectivity index (χ2v) is 9.73. The van der Waals surface area contributed by atoms with Crippen LogP contribution in [-0.4, -0.2) is 60.8 Å². The first-order valence-corrected chi connectivity index (χ1v) is 12.1. The highest BCUT2D eigenvalue weighted by Gasteiger charge is 2.43. The molecule has 1 fully saturated rings. The maximum Gasteiger partial charge on any atom is 0.416 e. The maximum absolute atomic E-state index is 14.8. The van der Waals surface area contributed by atoms with Crippen molar-refractivity contribution in [1.82, 2.24) is 24.5 Å². The summed E-state index contributed by atoms with van der Waals surface area (Å²) >= 11 is 0. The summed E-state index contributed by atoms with van der Waals surface area (Å²) in [6, 6.07) is 3.64. The molecule has 0 bridgehead atoms. The van der Waals surface area contributed by atoms with Gasteiger partial charge in [-0.3, -0.25) is 4.98 Å². The van der Waals surface area contributed by atoms with E-state index in [1.54, 1.807) is 9.47 Å². The number of aliphatic hydroxyl groups is 1. The average molecular weight is 567 g/mol. The molecule has 1 aliphatic rings. The standard InChI is InChI=1S/C25H24F6N8O/c26-16-7-14(25(29,30)31)2-3-15(16)17-6-13(9-39-12-37-19-22(32)35-11-36-23(19)39)18(8-34-17)38-5-1-4-24(33,10-38)20(40)21(27)28/h2-3,6-8,11-12,20-21,40H,1,4-5,9-10,33H2,(H2,32,35,36)/t20-,24+/m0/s1. The van der Waals surface area contributed by atoms with Crippen LogP contribution < -0.4 is 16.4 Å². The summed E-state index contributed by atoms with van der Waals surface area (Å²) in [5.74, 6) is -0.968. The molecule has 212 valence electrons. The van der Waals surface area contributed by atoms with Crippen molar-refractivity contribution >= 4 is 22.7 Å². The Morgan fingerprint density at radius 2 is 1.88 bits per heavy atom. The van der Waals surface area contributed by atoms with Gasteiger partial charge in [0, 0.05) is 18.7 Å². The van der Waals surface area contributed by atoms with Crippen molar-refractivity contribution in [3.63, 3.8) is 0 Å². The van der Waals surface area contributed by atoms with Crippen LogP contribution in [0.25, 0.3) is 22.4 Å². The number of halogens is 6. The van der Waals surface area contributed by atoms with Crippen molar-refractivity contribution in [2.45, 2.75) is 43.6 Å².